The molecule has 0 bridgehead atoms. The fourth-order valence-corrected chi connectivity index (χ4v) is 5.71. The average molecular weight is 413 g/mol. The molecule has 0 unspecified atom stereocenters. The molecule has 29 heavy (non-hydrogen) atoms. The Labute approximate surface area is 173 Å². The lowest BCUT2D eigenvalue weighted by atomic mass is 9.90. The third-order valence-corrected chi connectivity index (χ3v) is 7.85. The van der Waals surface area contributed by atoms with E-state index in [4.69, 9.17) is 0 Å². The number of carbonyl (C=O) groups is 1. The second-order valence-electron chi connectivity index (χ2n) is 7.98. The predicted molar refractivity (Wildman–Crippen MR) is 113 cm³/mol. The van der Waals surface area contributed by atoms with Crippen LogP contribution in [0.1, 0.15) is 59.2 Å². The lowest BCUT2D eigenvalue weighted by Gasteiger charge is -2.25. The van der Waals surface area contributed by atoms with Gasteiger partial charge in [-0.3, -0.25) is 4.79 Å². The summed E-state index contributed by atoms with van der Waals surface area (Å²) < 4.78 is 27.0. The van der Waals surface area contributed by atoms with E-state index in [2.05, 4.69) is 11.4 Å². The zero-order chi connectivity index (χ0) is 20.3. The zero-order valence-electron chi connectivity index (χ0n) is 16.7. The van der Waals surface area contributed by atoms with Crippen molar-refractivity contribution < 1.29 is 13.2 Å². The van der Waals surface area contributed by atoms with E-state index < -0.39 is 10.0 Å². The number of nitrogens with zero attached hydrogens (tertiary/aromatic N) is 1. The summed E-state index contributed by atoms with van der Waals surface area (Å²) in [6.45, 7) is 1.57. The minimum absolute atomic E-state index is 0.0941. The molecule has 2 aromatic rings. The quantitative estimate of drug-likeness (QED) is 0.815. The van der Waals surface area contributed by atoms with Crippen molar-refractivity contribution in [2.24, 2.45) is 0 Å². The van der Waals surface area contributed by atoms with Crippen LogP contribution < -0.4 is 5.32 Å². The fraction of sp³-hybridized carbons (Fsp3) is 0.435. The highest BCUT2D eigenvalue weighted by molar-refractivity contribution is 7.89. The number of benzene rings is 2. The van der Waals surface area contributed by atoms with Gasteiger partial charge in [-0.25, -0.2) is 8.42 Å². The lowest BCUT2D eigenvalue weighted by Crippen LogP contribution is -2.35. The van der Waals surface area contributed by atoms with Crippen molar-refractivity contribution in [3.05, 3.63) is 64.7 Å². The van der Waals surface area contributed by atoms with Gasteiger partial charge >= 0.3 is 0 Å². The molecule has 2 aliphatic rings. The number of aryl methyl sites for hydroxylation is 2. The van der Waals surface area contributed by atoms with Crippen LogP contribution in [0.15, 0.2) is 47.4 Å². The monoisotopic (exact) mass is 412 g/mol. The predicted octanol–water partition coefficient (Wildman–Crippen LogP) is 3.67. The molecular weight excluding hydrogens is 384 g/mol. The lowest BCUT2D eigenvalue weighted by molar-refractivity contribution is 0.0950. The largest absolute Gasteiger partial charge is 0.348 e. The van der Waals surface area contributed by atoms with E-state index >= 15 is 0 Å². The standard InChI is InChI=1S/C23H28N2O3S/c26-23(21-11-10-19-6-2-3-7-20(19)16-21)24-17-18-8-12-22(13-9-18)29(27,28)25-14-4-1-5-15-25/h8-13,16H,1-7,14-15,17H2,(H,24,26). The molecule has 1 saturated heterocycles. The van der Waals surface area contributed by atoms with Gasteiger partial charge < -0.3 is 5.32 Å². The number of rotatable bonds is 5. The normalized spacial score (nSPS) is 17.5. The van der Waals surface area contributed by atoms with Crippen LogP contribution in [0.25, 0.3) is 0 Å². The van der Waals surface area contributed by atoms with Crippen molar-refractivity contribution in [2.45, 2.75) is 56.4 Å². The molecule has 2 aromatic carbocycles. The smallest absolute Gasteiger partial charge is 0.251 e. The average Bonchev–Trinajstić information content (AvgIpc) is 2.78. The Morgan fingerprint density at radius 3 is 2.28 bits per heavy atom. The van der Waals surface area contributed by atoms with Gasteiger partial charge in [0.25, 0.3) is 5.91 Å². The minimum Gasteiger partial charge on any atom is -0.348 e. The third kappa shape index (κ3) is 4.54. The molecule has 6 heteroatoms. The molecule has 1 heterocycles. The maximum atomic E-state index is 12.7. The number of hydrogen-bond acceptors (Lipinski definition) is 3. The summed E-state index contributed by atoms with van der Waals surface area (Å²) in [7, 11) is -3.42. The van der Waals surface area contributed by atoms with Crippen LogP contribution in [0.3, 0.4) is 0 Å². The molecule has 0 spiro atoms. The van der Waals surface area contributed by atoms with Crippen molar-refractivity contribution in [1.82, 2.24) is 9.62 Å². The molecule has 0 radical (unpaired) electrons. The Morgan fingerprint density at radius 1 is 0.862 bits per heavy atom. The zero-order valence-corrected chi connectivity index (χ0v) is 17.5. The molecule has 1 fully saturated rings. The highest BCUT2D eigenvalue weighted by Gasteiger charge is 2.25. The number of amides is 1. The maximum Gasteiger partial charge on any atom is 0.251 e. The summed E-state index contributed by atoms with van der Waals surface area (Å²) in [6, 6.07) is 12.8. The highest BCUT2D eigenvalue weighted by atomic mass is 32.2. The summed E-state index contributed by atoms with van der Waals surface area (Å²) in [5, 5.41) is 2.94. The molecule has 1 N–H and O–H groups in total. The second-order valence-corrected chi connectivity index (χ2v) is 9.92. The van der Waals surface area contributed by atoms with Gasteiger partial charge in [-0.15, -0.1) is 0 Å². The molecule has 0 atom stereocenters. The van der Waals surface area contributed by atoms with E-state index in [1.54, 1.807) is 28.6 Å². The number of carbonyl (C=O) groups excluding carboxylic acids is 1. The van der Waals surface area contributed by atoms with E-state index in [0.29, 0.717) is 30.1 Å². The molecule has 0 saturated carbocycles. The SMILES string of the molecule is O=C(NCc1ccc(S(=O)(=O)N2CCCCC2)cc1)c1ccc2c(c1)CCCC2. The van der Waals surface area contributed by atoms with Crippen molar-refractivity contribution in [2.75, 3.05) is 13.1 Å². The Hall–Kier alpha value is -2.18. The van der Waals surface area contributed by atoms with E-state index in [1.807, 2.05) is 12.1 Å². The van der Waals surface area contributed by atoms with E-state index in [0.717, 1.165) is 37.7 Å². The highest BCUT2D eigenvalue weighted by Crippen LogP contribution is 2.23. The first-order valence-electron chi connectivity index (χ1n) is 10.5. The second kappa shape index (κ2) is 8.67. The van der Waals surface area contributed by atoms with Crippen LogP contribution in [-0.2, 0) is 29.4 Å². The summed E-state index contributed by atoms with van der Waals surface area (Å²) in [5.41, 5.74) is 4.22. The maximum absolute atomic E-state index is 12.7. The first-order chi connectivity index (χ1) is 14.0. The number of fused-ring (bicyclic) bond motifs is 1. The molecular formula is C23H28N2O3S. The first kappa shape index (κ1) is 20.1. The third-order valence-electron chi connectivity index (χ3n) is 5.94. The molecule has 1 aliphatic carbocycles. The van der Waals surface area contributed by atoms with Gasteiger partial charge in [0.2, 0.25) is 10.0 Å². The van der Waals surface area contributed by atoms with Crippen molar-refractivity contribution in [3.8, 4) is 0 Å². The van der Waals surface area contributed by atoms with Crippen LogP contribution in [0.4, 0.5) is 0 Å². The van der Waals surface area contributed by atoms with Gasteiger partial charge in [-0.2, -0.15) is 4.31 Å². The number of nitrogens with one attached hydrogen (secondary N) is 1. The van der Waals surface area contributed by atoms with Gasteiger partial charge in [-0.1, -0.05) is 24.6 Å². The summed E-state index contributed by atoms with van der Waals surface area (Å²) in [6.07, 6.45) is 7.49. The van der Waals surface area contributed by atoms with Gasteiger partial charge in [0.05, 0.1) is 4.90 Å². The van der Waals surface area contributed by atoms with E-state index in [-0.39, 0.29) is 5.91 Å². The Kier molecular flexibility index (Phi) is 6.01. The topological polar surface area (TPSA) is 66.5 Å². The Morgan fingerprint density at radius 2 is 1.55 bits per heavy atom. The molecule has 5 nitrogen and oxygen atoms in total. The molecule has 4 rings (SSSR count). The fourth-order valence-electron chi connectivity index (χ4n) is 4.19. The minimum atomic E-state index is -3.42. The van der Waals surface area contributed by atoms with Crippen molar-refractivity contribution in [3.63, 3.8) is 0 Å². The number of sulfonamides is 1. The van der Waals surface area contributed by atoms with Gasteiger partial charge in [0.15, 0.2) is 0 Å². The van der Waals surface area contributed by atoms with Crippen LogP contribution >= 0.6 is 0 Å². The number of hydrogen-bond donors (Lipinski definition) is 1. The summed E-state index contributed by atoms with van der Waals surface area (Å²) >= 11 is 0. The van der Waals surface area contributed by atoms with Crippen molar-refractivity contribution in [1.29, 1.82) is 0 Å². The van der Waals surface area contributed by atoms with Gasteiger partial charge in [0, 0.05) is 25.2 Å². The van der Waals surface area contributed by atoms with Crippen LogP contribution in [0.5, 0.6) is 0 Å². The van der Waals surface area contributed by atoms with Crippen LogP contribution in [0, 0.1) is 0 Å². The Balaban J connectivity index is 1.38. The summed E-state index contributed by atoms with van der Waals surface area (Å²) in [5.74, 6) is -0.0941. The molecule has 1 aliphatic heterocycles. The van der Waals surface area contributed by atoms with Crippen molar-refractivity contribution >= 4 is 15.9 Å². The summed E-state index contributed by atoms with van der Waals surface area (Å²) in [4.78, 5) is 12.8. The van der Waals surface area contributed by atoms with Crippen LogP contribution in [-0.4, -0.2) is 31.7 Å². The van der Waals surface area contributed by atoms with E-state index in [1.165, 1.54) is 24.0 Å². The van der Waals surface area contributed by atoms with Crippen LogP contribution in [0.2, 0.25) is 0 Å². The molecule has 0 aromatic heterocycles. The number of piperidine rings is 1. The molecule has 1 amide bonds. The van der Waals surface area contributed by atoms with E-state index in [9.17, 15) is 13.2 Å². The van der Waals surface area contributed by atoms with Gasteiger partial charge in [0.1, 0.15) is 0 Å². The molecule has 154 valence electrons. The first-order valence-corrected chi connectivity index (χ1v) is 12.0. The Bertz CT molecular complexity index is 978. The van der Waals surface area contributed by atoms with Gasteiger partial charge in [-0.05, 0) is 79.5 Å².